The van der Waals surface area contributed by atoms with E-state index in [1.807, 2.05) is 0 Å². The molecular formula is C5H10O4P+. The quantitative estimate of drug-likeness (QED) is 0.489. The van der Waals surface area contributed by atoms with Gasteiger partial charge in [0.05, 0.1) is 7.11 Å². The zero-order chi connectivity index (χ0) is 8.15. The molecule has 0 aromatic carbocycles. The second kappa shape index (κ2) is 4.36. The summed E-state index contributed by atoms with van der Waals surface area (Å²) in [6, 6.07) is 0. The lowest BCUT2D eigenvalue weighted by molar-refractivity contribution is -0.144. The molecule has 0 spiro atoms. The minimum Gasteiger partial charge on any atom is -0.469 e. The minimum atomic E-state index is -2.23. The Labute approximate surface area is 60.1 Å². The van der Waals surface area contributed by atoms with E-state index in [0.717, 1.165) is 0 Å². The zero-order valence-electron chi connectivity index (χ0n) is 5.90. The maximum Gasteiger partial charge on any atom is 0.506 e. The molecule has 0 rings (SSSR count). The molecule has 2 unspecified atom stereocenters. The molecule has 58 valence electrons. The highest BCUT2D eigenvalue weighted by Crippen LogP contribution is 2.18. The van der Waals surface area contributed by atoms with Crippen LogP contribution in [0.2, 0.25) is 0 Å². The molecule has 0 saturated heterocycles. The molecule has 0 bridgehead atoms. The summed E-state index contributed by atoms with van der Waals surface area (Å²) in [4.78, 5) is 19.0. The highest BCUT2D eigenvalue weighted by molar-refractivity contribution is 7.38. The van der Waals surface area contributed by atoms with Crippen molar-refractivity contribution in [2.24, 2.45) is 5.92 Å². The molecular weight excluding hydrogens is 155 g/mol. The van der Waals surface area contributed by atoms with E-state index in [-0.39, 0.29) is 6.16 Å². The normalized spacial score (nSPS) is 14.1. The smallest absolute Gasteiger partial charge is 0.469 e. The van der Waals surface area contributed by atoms with Gasteiger partial charge in [0.1, 0.15) is 5.92 Å². The number of carbonyl (C=O) groups excluding carboxylic acids is 1. The van der Waals surface area contributed by atoms with Crippen LogP contribution in [-0.2, 0) is 14.1 Å². The summed E-state index contributed by atoms with van der Waals surface area (Å²) in [5, 5.41) is 0. The molecule has 0 fully saturated rings. The molecule has 4 nitrogen and oxygen atoms in total. The van der Waals surface area contributed by atoms with Gasteiger partial charge in [-0.05, 0) is 11.5 Å². The molecule has 0 amide bonds. The van der Waals surface area contributed by atoms with Crippen LogP contribution >= 0.6 is 8.03 Å². The van der Waals surface area contributed by atoms with E-state index in [9.17, 15) is 9.36 Å². The van der Waals surface area contributed by atoms with E-state index in [1.165, 1.54) is 7.11 Å². The third-order valence-corrected chi connectivity index (χ3v) is 1.89. The summed E-state index contributed by atoms with van der Waals surface area (Å²) in [6.07, 6.45) is -0.0258. The third-order valence-electron chi connectivity index (χ3n) is 1.03. The van der Waals surface area contributed by atoms with Gasteiger partial charge < -0.3 is 4.74 Å². The summed E-state index contributed by atoms with van der Waals surface area (Å²) in [5.74, 6) is -0.934. The fraction of sp³-hybridized carbons (Fsp3) is 0.800. The predicted octanol–water partition coefficient (Wildman–Crippen LogP) is 0.530. The van der Waals surface area contributed by atoms with E-state index in [4.69, 9.17) is 4.89 Å². The van der Waals surface area contributed by atoms with Gasteiger partial charge in [-0.3, -0.25) is 4.79 Å². The fourth-order valence-corrected chi connectivity index (χ4v) is 1.13. The molecule has 5 heteroatoms. The van der Waals surface area contributed by atoms with E-state index in [0.29, 0.717) is 0 Å². The van der Waals surface area contributed by atoms with Crippen molar-refractivity contribution in [3.8, 4) is 0 Å². The first-order valence-electron chi connectivity index (χ1n) is 2.79. The van der Waals surface area contributed by atoms with Gasteiger partial charge in [-0.25, -0.2) is 0 Å². The van der Waals surface area contributed by atoms with Crippen molar-refractivity contribution in [2.75, 3.05) is 13.3 Å². The van der Waals surface area contributed by atoms with Gasteiger partial charge in [0.2, 0.25) is 0 Å². The molecule has 1 N–H and O–H groups in total. The van der Waals surface area contributed by atoms with Crippen LogP contribution in [0.1, 0.15) is 6.92 Å². The van der Waals surface area contributed by atoms with Crippen molar-refractivity contribution < 1.29 is 19.0 Å². The van der Waals surface area contributed by atoms with E-state index in [1.54, 1.807) is 6.92 Å². The molecule has 0 heterocycles. The van der Waals surface area contributed by atoms with Gasteiger partial charge in [0, 0.05) is 0 Å². The Morgan fingerprint density at radius 3 is 2.60 bits per heavy atom. The first-order chi connectivity index (χ1) is 4.57. The van der Waals surface area contributed by atoms with Crippen LogP contribution < -0.4 is 0 Å². The van der Waals surface area contributed by atoms with Crippen molar-refractivity contribution in [1.82, 2.24) is 0 Å². The highest BCUT2D eigenvalue weighted by Gasteiger charge is 2.23. The van der Waals surface area contributed by atoms with Crippen LogP contribution in [-0.4, -0.2) is 24.1 Å². The summed E-state index contributed by atoms with van der Waals surface area (Å²) in [6.45, 7) is 1.55. The average molecular weight is 165 g/mol. The molecule has 0 aromatic rings. The summed E-state index contributed by atoms with van der Waals surface area (Å²) in [7, 11) is -0.976. The molecule has 10 heavy (non-hydrogen) atoms. The minimum absolute atomic E-state index is 0.0258. The lowest BCUT2D eigenvalue weighted by atomic mass is 10.2. The number of ether oxygens (including phenoxy) is 1. The third kappa shape index (κ3) is 3.54. The van der Waals surface area contributed by atoms with Gasteiger partial charge in [0.15, 0.2) is 6.16 Å². The highest BCUT2D eigenvalue weighted by atomic mass is 31.1. The van der Waals surface area contributed by atoms with Gasteiger partial charge in [0.25, 0.3) is 0 Å². The second-order valence-corrected chi connectivity index (χ2v) is 3.03. The number of carbonyl (C=O) groups is 1. The van der Waals surface area contributed by atoms with Crippen molar-refractivity contribution in [2.45, 2.75) is 6.92 Å². The number of esters is 1. The molecule has 0 aliphatic rings. The largest absolute Gasteiger partial charge is 0.506 e. The van der Waals surface area contributed by atoms with Gasteiger partial charge in [-0.1, -0.05) is 0 Å². The lowest BCUT2D eigenvalue weighted by Crippen LogP contribution is -2.14. The average Bonchev–Trinajstić information content (AvgIpc) is 1.85. The molecule has 0 aliphatic carbocycles. The van der Waals surface area contributed by atoms with Crippen LogP contribution in [0, 0.1) is 5.92 Å². The Hall–Kier alpha value is -0.470. The molecule has 0 saturated carbocycles. The van der Waals surface area contributed by atoms with Crippen molar-refractivity contribution >= 4 is 14.0 Å². The van der Waals surface area contributed by atoms with Crippen molar-refractivity contribution in [1.29, 1.82) is 0 Å². The Kier molecular flexibility index (Phi) is 4.16. The number of hydrogen-bond donors (Lipinski definition) is 1. The molecule has 0 aromatic heterocycles. The monoisotopic (exact) mass is 165 g/mol. The molecule has 0 aliphatic heterocycles. The SMILES string of the molecule is COC(=O)C(C)C[P+](=O)O. The van der Waals surface area contributed by atoms with Gasteiger partial charge >= 0.3 is 14.0 Å². The summed E-state index contributed by atoms with van der Waals surface area (Å²) < 4.78 is 14.5. The maximum atomic E-state index is 10.6. The summed E-state index contributed by atoms with van der Waals surface area (Å²) in [5.41, 5.74) is 0. The Balaban J connectivity index is 3.72. The van der Waals surface area contributed by atoms with E-state index in [2.05, 4.69) is 4.74 Å². The predicted molar refractivity (Wildman–Crippen MR) is 35.9 cm³/mol. The number of methoxy groups -OCH3 is 1. The van der Waals surface area contributed by atoms with Gasteiger partial charge in [-0.15, -0.1) is 0 Å². The van der Waals surface area contributed by atoms with Crippen LogP contribution in [0.15, 0.2) is 0 Å². The number of rotatable bonds is 3. The fourth-order valence-electron chi connectivity index (χ4n) is 0.510. The number of hydrogen-bond acceptors (Lipinski definition) is 3. The van der Waals surface area contributed by atoms with Crippen molar-refractivity contribution in [3.63, 3.8) is 0 Å². The first kappa shape index (κ1) is 9.53. The molecule has 2 atom stereocenters. The Morgan fingerprint density at radius 1 is 1.80 bits per heavy atom. The Morgan fingerprint density at radius 2 is 2.30 bits per heavy atom. The van der Waals surface area contributed by atoms with Crippen LogP contribution in [0.4, 0.5) is 0 Å². The van der Waals surface area contributed by atoms with Crippen LogP contribution in [0.3, 0.4) is 0 Å². The van der Waals surface area contributed by atoms with E-state index >= 15 is 0 Å². The zero-order valence-corrected chi connectivity index (χ0v) is 6.80. The second-order valence-electron chi connectivity index (χ2n) is 1.96. The summed E-state index contributed by atoms with van der Waals surface area (Å²) >= 11 is 0. The Bertz CT molecular complexity index is 145. The topological polar surface area (TPSA) is 63.6 Å². The molecule has 0 radical (unpaired) electrons. The van der Waals surface area contributed by atoms with Crippen LogP contribution in [0.25, 0.3) is 0 Å². The van der Waals surface area contributed by atoms with Crippen molar-refractivity contribution in [3.05, 3.63) is 0 Å². The van der Waals surface area contributed by atoms with Gasteiger partial charge in [-0.2, -0.15) is 4.89 Å². The maximum absolute atomic E-state index is 10.6. The first-order valence-corrected chi connectivity index (χ1v) is 4.19. The lowest BCUT2D eigenvalue weighted by Gasteiger charge is -1.99. The van der Waals surface area contributed by atoms with Crippen LogP contribution in [0.5, 0.6) is 0 Å². The van der Waals surface area contributed by atoms with E-state index < -0.39 is 19.9 Å². The standard InChI is InChI=1S/C5H9O4P/c1-4(3-10(7)8)5(6)9-2/h4H,3H2,1-2H3/p+1.